The number of hydrogen-bond donors (Lipinski definition) is 0. The van der Waals surface area contributed by atoms with Gasteiger partial charge in [-0.3, -0.25) is 4.79 Å². The Morgan fingerprint density at radius 3 is 2.37 bits per heavy atom. The van der Waals surface area contributed by atoms with E-state index in [0.29, 0.717) is 0 Å². The van der Waals surface area contributed by atoms with E-state index in [9.17, 15) is 13.6 Å². The van der Waals surface area contributed by atoms with Crippen molar-refractivity contribution in [2.75, 3.05) is 13.2 Å². The van der Waals surface area contributed by atoms with Gasteiger partial charge in [0.15, 0.2) is 5.78 Å². The van der Waals surface area contributed by atoms with Crippen LogP contribution in [0.4, 0.5) is 8.78 Å². The van der Waals surface area contributed by atoms with Gasteiger partial charge in [-0.2, -0.15) is 0 Å². The van der Waals surface area contributed by atoms with Gasteiger partial charge in [-0.05, 0) is 41.9 Å². The van der Waals surface area contributed by atoms with Gasteiger partial charge in [-0.1, -0.05) is 0 Å². The lowest BCUT2D eigenvalue weighted by molar-refractivity contribution is -0.167. The zero-order valence-corrected chi connectivity index (χ0v) is 12.3. The highest BCUT2D eigenvalue weighted by Gasteiger charge is 2.23. The number of carbonyl (C=O) groups excluding carboxylic acids is 1. The molecule has 0 aliphatic rings. The molecule has 19 heavy (non-hydrogen) atoms. The van der Waals surface area contributed by atoms with Crippen molar-refractivity contribution >= 4 is 21.7 Å². The van der Waals surface area contributed by atoms with Gasteiger partial charge in [0.2, 0.25) is 6.29 Å². The first-order valence-electron chi connectivity index (χ1n) is 5.89. The Labute approximate surface area is 119 Å². The van der Waals surface area contributed by atoms with Gasteiger partial charge in [0.05, 0.1) is 4.47 Å². The zero-order chi connectivity index (χ0) is 14.4. The van der Waals surface area contributed by atoms with Crippen LogP contribution in [0.15, 0.2) is 16.6 Å². The third-order valence-electron chi connectivity index (χ3n) is 2.39. The van der Waals surface area contributed by atoms with Crippen molar-refractivity contribution in [1.29, 1.82) is 0 Å². The molecule has 0 radical (unpaired) electrons. The summed E-state index contributed by atoms with van der Waals surface area (Å²) in [5.41, 5.74) is -0.288. The second-order valence-corrected chi connectivity index (χ2v) is 4.56. The maximum Gasteiger partial charge on any atom is 0.218 e. The van der Waals surface area contributed by atoms with Crippen molar-refractivity contribution in [3.8, 4) is 0 Å². The van der Waals surface area contributed by atoms with Crippen LogP contribution >= 0.6 is 15.9 Å². The van der Waals surface area contributed by atoms with Crippen LogP contribution in [-0.2, 0) is 20.7 Å². The lowest BCUT2D eigenvalue weighted by atomic mass is 10.1. The molecule has 1 aromatic rings. The lowest BCUT2D eigenvalue weighted by Crippen LogP contribution is -2.29. The molecule has 1 aromatic carbocycles. The van der Waals surface area contributed by atoms with E-state index in [1.165, 1.54) is 6.07 Å². The second kappa shape index (κ2) is 7.67. The number of hydrogen-bond acceptors (Lipinski definition) is 3. The van der Waals surface area contributed by atoms with E-state index < -0.39 is 30.1 Å². The van der Waals surface area contributed by atoms with Crippen molar-refractivity contribution in [3.63, 3.8) is 0 Å². The fraction of sp³-hybridized carbons (Fsp3) is 0.462. The Balaban J connectivity index is 2.89. The molecule has 0 spiro atoms. The molecule has 0 N–H and O–H groups in total. The van der Waals surface area contributed by atoms with Crippen molar-refractivity contribution < 1.29 is 23.0 Å². The Kier molecular flexibility index (Phi) is 6.54. The standard InChI is InChI=1S/C13H15BrF2O3/c1-3-18-13(19-4-2)11(17)7-8-10(15)6-5-9(14)12(8)16/h5-6,13H,3-4,7H2,1-2H3. The number of carbonyl (C=O) groups is 1. The maximum absolute atomic E-state index is 13.7. The summed E-state index contributed by atoms with van der Waals surface area (Å²) in [5, 5.41) is 0. The largest absolute Gasteiger partial charge is 0.346 e. The summed E-state index contributed by atoms with van der Waals surface area (Å²) in [4.78, 5) is 11.9. The van der Waals surface area contributed by atoms with E-state index in [0.717, 1.165) is 6.07 Å². The number of benzene rings is 1. The van der Waals surface area contributed by atoms with Gasteiger partial charge in [-0.15, -0.1) is 0 Å². The SMILES string of the molecule is CCOC(OCC)C(=O)Cc1c(F)ccc(Br)c1F. The van der Waals surface area contributed by atoms with E-state index >= 15 is 0 Å². The molecule has 0 heterocycles. The highest BCUT2D eigenvalue weighted by Crippen LogP contribution is 2.22. The summed E-state index contributed by atoms with van der Waals surface area (Å²) < 4.78 is 37.6. The number of ether oxygens (including phenoxy) is 2. The quantitative estimate of drug-likeness (QED) is 0.566. The minimum Gasteiger partial charge on any atom is -0.346 e. The first kappa shape index (κ1) is 16.2. The number of halogens is 3. The van der Waals surface area contributed by atoms with E-state index in [1.54, 1.807) is 13.8 Å². The highest BCUT2D eigenvalue weighted by atomic mass is 79.9. The molecule has 0 aliphatic carbocycles. The molecule has 6 heteroatoms. The normalized spacial score (nSPS) is 11.1. The Morgan fingerprint density at radius 2 is 1.84 bits per heavy atom. The third-order valence-corrected chi connectivity index (χ3v) is 3.00. The second-order valence-electron chi connectivity index (χ2n) is 3.71. The molecule has 3 nitrogen and oxygen atoms in total. The van der Waals surface area contributed by atoms with Gasteiger partial charge in [0.25, 0.3) is 0 Å². The van der Waals surface area contributed by atoms with Gasteiger partial charge >= 0.3 is 0 Å². The van der Waals surface area contributed by atoms with Gasteiger partial charge < -0.3 is 9.47 Å². The molecule has 0 saturated heterocycles. The molecular formula is C13H15BrF2O3. The summed E-state index contributed by atoms with van der Waals surface area (Å²) in [5.74, 6) is -2.06. The summed E-state index contributed by atoms with van der Waals surface area (Å²) in [6.07, 6.45) is -1.50. The maximum atomic E-state index is 13.7. The number of rotatable bonds is 7. The molecule has 1 rings (SSSR count). The smallest absolute Gasteiger partial charge is 0.218 e. The summed E-state index contributed by atoms with van der Waals surface area (Å²) >= 11 is 2.95. The minimum absolute atomic E-state index is 0.112. The first-order chi connectivity index (χ1) is 9.01. The van der Waals surface area contributed by atoms with Gasteiger partial charge in [0.1, 0.15) is 11.6 Å². The molecular weight excluding hydrogens is 322 g/mol. The lowest BCUT2D eigenvalue weighted by Gasteiger charge is -2.16. The Morgan fingerprint density at radius 1 is 1.26 bits per heavy atom. The van der Waals surface area contributed by atoms with Crippen molar-refractivity contribution in [2.45, 2.75) is 26.6 Å². The van der Waals surface area contributed by atoms with E-state index in [1.807, 2.05) is 0 Å². The van der Waals surface area contributed by atoms with Crippen LogP contribution in [0.3, 0.4) is 0 Å². The van der Waals surface area contributed by atoms with Gasteiger partial charge in [0, 0.05) is 25.2 Å². The van der Waals surface area contributed by atoms with Crippen molar-refractivity contribution in [1.82, 2.24) is 0 Å². The average Bonchev–Trinajstić information content (AvgIpc) is 2.38. The molecule has 106 valence electrons. The molecule has 0 fully saturated rings. The van der Waals surface area contributed by atoms with Crippen molar-refractivity contribution in [3.05, 3.63) is 33.8 Å². The topological polar surface area (TPSA) is 35.5 Å². The highest BCUT2D eigenvalue weighted by molar-refractivity contribution is 9.10. The predicted octanol–water partition coefficient (Wildman–Crippen LogP) is 3.24. The van der Waals surface area contributed by atoms with E-state index in [4.69, 9.17) is 9.47 Å². The van der Waals surface area contributed by atoms with Crippen LogP contribution < -0.4 is 0 Å². The molecule has 0 aromatic heterocycles. The molecule has 0 aliphatic heterocycles. The molecule has 0 amide bonds. The minimum atomic E-state index is -1.09. The van der Waals surface area contributed by atoms with Gasteiger partial charge in [-0.25, -0.2) is 8.78 Å². The Bertz CT molecular complexity index is 446. The number of ketones is 1. The zero-order valence-electron chi connectivity index (χ0n) is 10.7. The molecule has 0 atom stereocenters. The fourth-order valence-corrected chi connectivity index (χ4v) is 1.90. The molecule has 0 unspecified atom stereocenters. The van der Waals surface area contributed by atoms with Crippen LogP contribution in [-0.4, -0.2) is 25.3 Å². The predicted molar refractivity (Wildman–Crippen MR) is 69.8 cm³/mol. The first-order valence-corrected chi connectivity index (χ1v) is 6.68. The van der Waals surface area contributed by atoms with Crippen LogP contribution in [0.25, 0.3) is 0 Å². The number of Topliss-reactive ketones (excluding diaryl/α,β-unsaturated/α-hetero) is 1. The van der Waals surface area contributed by atoms with Crippen LogP contribution in [0.5, 0.6) is 0 Å². The van der Waals surface area contributed by atoms with Crippen molar-refractivity contribution in [2.24, 2.45) is 0 Å². The molecule has 0 bridgehead atoms. The molecule has 0 saturated carbocycles. The third kappa shape index (κ3) is 4.33. The van der Waals surface area contributed by atoms with Crippen LogP contribution in [0, 0.1) is 11.6 Å². The summed E-state index contributed by atoms with van der Waals surface area (Å²) in [6.45, 7) is 3.97. The average molecular weight is 337 g/mol. The monoisotopic (exact) mass is 336 g/mol. The van der Waals surface area contributed by atoms with E-state index in [2.05, 4.69) is 15.9 Å². The summed E-state index contributed by atoms with van der Waals surface area (Å²) in [7, 11) is 0. The summed E-state index contributed by atoms with van der Waals surface area (Å²) in [6, 6.07) is 2.35. The fourth-order valence-electron chi connectivity index (χ4n) is 1.53. The van der Waals surface area contributed by atoms with E-state index in [-0.39, 0.29) is 23.2 Å². The van der Waals surface area contributed by atoms with Crippen LogP contribution in [0.1, 0.15) is 19.4 Å². The van der Waals surface area contributed by atoms with Crippen LogP contribution in [0.2, 0.25) is 0 Å². The Hall–Kier alpha value is -0.850.